The Morgan fingerprint density at radius 2 is 1.97 bits per heavy atom. The van der Waals surface area contributed by atoms with E-state index < -0.39 is 29.4 Å². The Morgan fingerprint density at radius 3 is 2.59 bits per heavy atom. The number of aromatic nitrogens is 2. The molecule has 37 heavy (non-hydrogen) atoms. The minimum Gasteiger partial charge on any atom is -0.490 e. The van der Waals surface area contributed by atoms with Crippen LogP contribution in [0, 0.1) is 19.7 Å². The molecule has 1 aliphatic rings. The number of hydrogen-bond acceptors (Lipinski definition) is 7. The van der Waals surface area contributed by atoms with Crippen molar-refractivity contribution in [3.8, 4) is 16.9 Å². The molecule has 0 fully saturated rings. The summed E-state index contributed by atoms with van der Waals surface area (Å²) in [6.45, 7) is 9.60. The number of halogens is 1. The molecule has 0 saturated heterocycles. The van der Waals surface area contributed by atoms with E-state index in [9.17, 15) is 9.59 Å². The van der Waals surface area contributed by atoms with Crippen LogP contribution in [0.15, 0.2) is 12.1 Å². The molecule has 4 rings (SSSR count). The summed E-state index contributed by atoms with van der Waals surface area (Å²) < 4.78 is 34.1. The number of methoxy groups -OCH3 is 1. The molecule has 9 nitrogen and oxygen atoms in total. The van der Waals surface area contributed by atoms with Crippen molar-refractivity contribution in [1.29, 1.82) is 0 Å². The number of fused-ring (bicyclic) bond motifs is 2. The summed E-state index contributed by atoms with van der Waals surface area (Å²) in [5.74, 6) is 4.05. The molecule has 1 aliphatic heterocycles. The molecule has 3 aromatic rings. The predicted molar refractivity (Wildman–Crippen MR) is 137 cm³/mol. The third kappa shape index (κ3) is 4.67. The number of hydrogen-bond donors (Lipinski definition) is 2. The summed E-state index contributed by atoms with van der Waals surface area (Å²) >= 11 is 0. The fourth-order valence-electron chi connectivity index (χ4n) is 4.96. The maximum atomic E-state index is 15.4. The van der Waals surface area contributed by atoms with Crippen molar-refractivity contribution in [2.24, 2.45) is 12.9 Å². The van der Waals surface area contributed by atoms with Crippen molar-refractivity contribution >= 4 is 22.9 Å². The topological polar surface area (TPSA) is 118 Å². The fraction of sp³-hybridized carbons (Fsp3) is 0.444. The fourth-order valence-corrected chi connectivity index (χ4v) is 4.96. The number of nitrogens with zero attached hydrogens (tertiary/aromatic N) is 2. The molecule has 0 saturated carbocycles. The number of hydrazine groups is 1. The predicted octanol–water partition coefficient (Wildman–Crippen LogP) is 3.95. The monoisotopic (exact) mass is 512 g/mol. The Balaban J connectivity index is 2.17. The van der Waals surface area contributed by atoms with Crippen molar-refractivity contribution in [2.45, 2.75) is 59.2 Å². The standard InChI is InChI=1S/C27H33FN4O5/c1-13-15-9-8-10-36-22(15)18(28)11-16(13)21-17-12-19(25(33)31-29)32(6)24(17)30-14(2)20(21)23(26(34)35-7)37-27(3,4)5/h11-12,23H,8-10,29H2,1-7H3,(H,31,33)/t23-/m0/s1. The molecular formula is C27H33FN4O5. The van der Waals surface area contributed by atoms with Crippen LogP contribution in [-0.4, -0.2) is 40.7 Å². The first-order valence-corrected chi connectivity index (χ1v) is 12.1. The summed E-state index contributed by atoms with van der Waals surface area (Å²) in [7, 11) is 2.98. The number of amides is 1. The largest absolute Gasteiger partial charge is 0.490 e. The Morgan fingerprint density at radius 1 is 1.27 bits per heavy atom. The molecule has 3 heterocycles. The number of pyridine rings is 1. The number of esters is 1. The number of carbonyl (C=O) groups is 2. The van der Waals surface area contributed by atoms with E-state index in [0.717, 1.165) is 17.5 Å². The Hall–Kier alpha value is -3.50. The average Bonchev–Trinajstić information content (AvgIpc) is 3.18. The second-order valence-corrected chi connectivity index (χ2v) is 10.2. The van der Waals surface area contributed by atoms with Gasteiger partial charge in [0.15, 0.2) is 17.7 Å². The highest BCUT2D eigenvalue weighted by Gasteiger charge is 2.35. The number of carbonyl (C=O) groups excluding carboxylic acids is 2. The number of ether oxygens (including phenoxy) is 3. The van der Waals surface area contributed by atoms with Gasteiger partial charge < -0.3 is 18.8 Å². The summed E-state index contributed by atoms with van der Waals surface area (Å²) in [6.07, 6.45) is 0.264. The van der Waals surface area contributed by atoms with Crippen LogP contribution in [0.25, 0.3) is 22.2 Å². The zero-order valence-corrected chi connectivity index (χ0v) is 22.2. The van der Waals surface area contributed by atoms with Gasteiger partial charge in [-0.2, -0.15) is 0 Å². The number of nitrogens with one attached hydrogen (secondary N) is 1. The van der Waals surface area contributed by atoms with Crippen LogP contribution >= 0.6 is 0 Å². The van der Waals surface area contributed by atoms with Crippen LogP contribution in [0.1, 0.15) is 66.2 Å². The van der Waals surface area contributed by atoms with Crippen molar-refractivity contribution in [3.05, 3.63) is 46.0 Å². The van der Waals surface area contributed by atoms with E-state index in [4.69, 9.17) is 25.0 Å². The van der Waals surface area contributed by atoms with Crippen LogP contribution in [0.2, 0.25) is 0 Å². The van der Waals surface area contributed by atoms with Gasteiger partial charge >= 0.3 is 5.97 Å². The van der Waals surface area contributed by atoms with Gasteiger partial charge in [-0.15, -0.1) is 0 Å². The van der Waals surface area contributed by atoms with Crippen molar-refractivity contribution in [3.63, 3.8) is 0 Å². The van der Waals surface area contributed by atoms with Crippen molar-refractivity contribution in [1.82, 2.24) is 15.0 Å². The lowest BCUT2D eigenvalue weighted by atomic mass is 9.86. The van der Waals surface area contributed by atoms with Gasteiger partial charge in [-0.05, 0) is 70.7 Å². The van der Waals surface area contributed by atoms with Gasteiger partial charge in [0.05, 0.1) is 19.3 Å². The third-order valence-corrected chi connectivity index (χ3v) is 6.62. The highest BCUT2D eigenvalue weighted by atomic mass is 19.1. The Bertz CT molecular complexity index is 1410. The zero-order chi connectivity index (χ0) is 27.2. The number of nitrogens with two attached hydrogens (primary N) is 1. The quantitative estimate of drug-likeness (QED) is 0.230. The van der Waals surface area contributed by atoms with Crippen LogP contribution < -0.4 is 16.0 Å². The molecule has 3 N–H and O–H groups in total. The summed E-state index contributed by atoms with van der Waals surface area (Å²) in [5.41, 5.74) is 5.78. The van der Waals surface area contributed by atoms with Crippen LogP contribution in [0.3, 0.4) is 0 Å². The van der Waals surface area contributed by atoms with Gasteiger partial charge in [-0.25, -0.2) is 20.0 Å². The number of benzene rings is 1. The molecule has 1 atom stereocenters. The first-order valence-electron chi connectivity index (χ1n) is 12.1. The van der Waals surface area contributed by atoms with E-state index in [-0.39, 0.29) is 11.4 Å². The van der Waals surface area contributed by atoms with Gasteiger partial charge in [-0.3, -0.25) is 10.2 Å². The highest BCUT2D eigenvalue weighted by molar-refractivity contribution is 6.04. The second-order valence-electron chi connectivity index (χ2n) is 10.2. The molecule has 10 heteroatoms. The van der Waals surface area contributed by atoms with Gasteiger partial charge in [0.2, 0.25) is 0 Å². The summed E-state index contributed by atoms with van der Waals surface area (Å²) in [5, 5.41) is 0.548. The summed E-state index contributed by atoms with van der Waals surface area (Å²) in [6, 6.07) is 3.06. The minimum atomic E-state index is -1.15. The number of rotatable bonds is 5. The van der Waals surface area contributed by atoms with Crippen LogP contribution in [0.5, 0.6) is 5.75 Å². The molecule has 2 aromatic heterocycles. The van der Waals surface area contributed by atoms with Crippen molar-refractivity contribution < 1.29 is 28.2 Å². The van der Waals surface area contributed by atoms with E-state index in [2.05, 4.69) is 5.43 Å². The highest BCUT2D eigenvalue weighted by Crippen LogP contribution is 2.45. The van der Waals surface area contributed by atoms with E-state index >= 15 is 4.39 Å². The third-order valence-electron chi connectivity index (χ3n) is 6.62. The SMILES string of the molecule is COC(=O)[C@@H](OC(C)(C)C)c1c(C)nc2c(cc(C(=O)NN)n2C)c1-c1cc(F)c2c(c1C)CCCO2. The maximum absolute atomic E-state index is 15.4. The van der Waals surface area contributed by atoms with Gasteiger partial charge in [0.25, 0.3) is 5.91 Å². The Kier molecular flexibility index (Phi) is 7.00. The molecule has 0 unspecified atom stereocenters. The van der Waals surface area contributed by atoms with Crippen LogP contribution in [0.4, 0.5) is 4.39 Å². The molecule has 198 valence electrons. The first kappa shape index (κ1) is 26.6. The smallest absolute Gasteiger partial charge is 0.339 e. The van der Waals surface area contributed by atoms with E-state index in [1.807, 2.05) is 27.7 Å². The Labute approximate surface area is 215 Å². The van der Waals surface area contributed by atoms with E-state index in [1.165, 1.54) is 13.2 Å². The molecule has 1 amide bonds. The van der Waals surface area contributed by atoms with Gasteiger partial charge in [-0.1, -0.05) is 0 Å². The number of nitrogen functional groups attached to an aromatic ring is 1. The molecule has 0 spiro atoms. The lowest BCUT2D eigenvalue weighted by molar-refractivity contribution is -0.164. The average molecular weight is 513 g/mol. The van der Waals surface area contributed by atoms with E-state index in [0.29, 0.717) is 46.4 Å². The lowest BCUT2D eigenvalue weighted by Crippen LogP contribution is -2.31. The van der Waals surface area contributed by atoms with Gasteiger partial charge in [0.1, 0.15) is 11.3 Å². The van der Waals surface area contributed by atoms with Crippen LogP contribution in [-0.2, 0) is 27.7 Å². The minimum absolute atomic E-state index is 0.253. The molecular weight excluding hydrogens is 479 g/mol. The molecule has 0 bridgehead atoms. The van der Waals surface area contributed by atoms with E-state index in [1.54, 1.807) is 24.6 Å². The first-order chi connectivity index (χ1) is 17.4. The zero-order valence-electron chi connectivity index (χ0n) is 22.2. The molecule has 1 aromatic carbocycles. The lowest BCUT2D eigenvalue weighted by Gasteiger charge is -2.29. The van der Waals surface area contributed by atoms with Crippen molar-refractivity contribution in [2.75, 3.05) is 13.7 Å². The second kappa shape index (κ2) is 9.75. The maximum Gasteiger partial charge on any atom is 0.339 e. The molecule has 0 radical (unpaired) electrons. The normalized spacial score (nSPS) is 14.2. The van der Waals surface area contributed by atoms with Gasteiger partial charge in [0, 0.05) is 34.8 Å². The number of aryl methyl sites for hydroxylation is 2. The molecule has 0 aliphatic carbocycles. The summed E-state index contributed by atoms with van der Waals surface area (Å²) in [4.78, 5) is 30.4.